The first kappa shape index (κ1) is 21.6. The van der Waals surface area contributed by atoms with Crippen LogP contribution < -0.4 is 10.7 Å². The number of fused-ring (bicyclic) bond motifs is 2. The summed E-state index contributed by atoms with van der Waals surface area (Å²) >= 11 is 0. The molecule has 2 fully saturated rings. The quantitative estimate of drug-likeness (QED) is 0.733. The lowest BCUT2D eigenvalue weighted by atomic mass is 9.85. The summed E-state index contributed by atoms with van der Waals surface area (Å²) in [6, 6.07) is 2.94. The van der Waals surface area contributed by atoms with E-state index in [9.17, 15) is 28.3 Å². The van der Waals surface area contributed by atoms with E-state index < -0.39 is 40.9 Å². The van der Waals surface area contributed by atoms with Crippen molar-refractivity contribution in [1.29, 1.82) is 0 Å². The molecule has 5 rings (SSSR count). The number of nitrogens with zero attached hydrogens (tertiary/aromatic N) is 2. The average molecular weight is 459 g/mol. The molecule has 3 aliphatic rings. The van der Waals surface area contributed by atoms with Crippen molar-refractivity contribution in [2.45, 2.75) is 45.0 Å². The molecule has 3 heterocycles. The first-order chi connectivity index (χ1) is 15.8. The molecule has 0 bridgehead atoms. The molecular formula is C23H23F2N3O5. The second-order valence-electron chi connectivity index (χ2n) is 9.05. The highest BCUT2D eigenvalue weighted by molar-refractivity contribution is 5.99. The number of ether oxygens (including phenoxy) is 1. The minimum atomic E-state index is -0.987. The van der Waals surface area contributed by atoms with Gasteiger partial charge in [-0.05, 0) is 18.9 Å². The molecule has 2 amide bonds. The Bertz CT molecular complexity index is 1210. The summed E-state index contributed by atoms with van der Waals surface area (Å²) in [4.78, 5) is 40.1. The third-order valence-corrected chi connectivity index (χ3v) is 6.87. The Balaban J connectivity index is 1.40. The van der Waals surface area contributed by atoms with Crippen LogP contribution in [0.4, 0.5) is 8.78 Å². The van der Waals surface area contributed by atoms with Gasteiger partial charge in [0.05, 0.1) is 13.2 Å². The molecule has 0 radical (unpaired) electrons. The molecule has 1 atom stereocenters. The van der Waals surface area contributed by atoms with Gasteiger partial charge in [-0.15, -0.1) is 0 Å². The van der Waals surface area contributed by atoms with Gasteiger partial charge < -0.3 is 24.6 Å². The summed E-state index contributed by atoms with van der Waals surface area (Å²) in [6.45, 7) is 0.931. The SMILES string of the molecule is O=C(NCc1ccc(F)cc1F)c1cn2c(c(O)c1=O)C(=O)N1CC3(CCCC3)COC1C2. The van der Waals surface area contributed by atoms with Crippen LogP contribution in [0.3, 0.4) is 0 Å². The number of aromatic hydroxyl groups is 1. The van der Waals surface area contributed by atoms with E-state index in [0.717, 1.165) is 31.7 Å². The normalized spacial score (nSPS) is 21.1. The predicted molar refractivity (Wildman–Crippen MR) is 112 cm³/mol. The molecule has 1 saturated heterocycles. The number of halogens is 2. The molecule has 10 heteroatoms. The van der Waals surface area contributed by atoms with E-state index in [-0.39, 0.29) is 35.3 Å². The maximum absolute atomic E-state index is 13.8. The number of aromatic nitrogens is 1. The van der Waals surface area contributed by atoms with Gasteiger partial charge in [0.2, 0.25) is 5.43 Å². The summed E-state index contributed by atoms with van der Waals surface area (Å²) in [7, 11) is 0. The van der Waals surface area contributed by atoms with Gasteiger partial charge in [-0.1, -0.05) is 18.9 Å². The van der Waals surface area contributed by atoms with Crippen LogP contribution in [0.2, 0.25) is 0 Å². The summed E-state index contributed by atoms with van der Waals surface area (Å²) in [5, 5.41) is 12.9. The zero-order chi connectivity index (χ0) is 23.3. The zero-order valence-electron chi connectivity index (χ0n) is 17.8. The van der Waals surface area contributed by atoms with Crippen LogP contribution in [0, 0.1) is 17.0 Å². The minimum Gasteiger partial charge on any atom is -0.503 e. The molecule has 2 aromatic rings. The number of hydrogen-bond donors (Lipinski definition) is 2. The Morgan fingerprint density at radius 2 is 2.00 bits per heavy atom. The second-order valence-corrected chi connectivity index (χ2v) is 9.05. The number of nitrogens with one attached hydrogen (secondary N) is 1. The predicted octanol–water partition coefficient (Wildman–Crippen LogP) is 2.13. The van der Waals surface area contributed by atoms with E-state index in [2.05, 4.69) is 5.32 Å². The lowest BCUT2D eigenvalue weighted by Gasteiger charge is -2.47. The van der Waals surface area contributed by atoms with Crippen molar-refractivity contribution in [3.63, 3.8) is 0 Å². The van der Waals surface area contributed by atoms with E-state index in [0.29, 0.717) is 19.2 Å². The molecule has 1 saturated carbocycles. The monoisotopic (exact) mass is 459 g/mol. The van der Waals surface area contributed by atoms with E-state index in [4.69, 9.17) is 4.74 Å². The van der Waals surface area contributed by atoms with Crippen LogP contribution in [-0.4, -0.2) is 45.8 Å². The Kier molecular flexibility index (Phi) is 5.19. The molecule has 33 heavy (non-hydrogen) atoms. The van der Waals surface area contributed by atoms with E-state index in [1.165, 1.54) is 16.8 Å². The number of benzene rings is 1. The Morgan fingerprint density at radius 1 is 1.24 bits per heavy atom. The third kappa shape index (κ3) is 3.68. The first-order valence-electron chi connectivity index (χ1n) is 10.9. The van der Waals surface area contributed by atoms with Crippen molar-refractivity contribution in [3.05, 3.63) is 63.1 Å². The highest BCUT2D eigenvalue weighted by Crippen LogP contribution is 2.43. The minimum absolute atomic E-state index is 0.0364. The summed E-state index contributed by atoms with van der Waals surface area (Å²) in [5.74, 6) is -3.74. The number of amides is 2. The lowest BCUT2D eigenvalue weighted by Crippen LogP contribution is -2.58. The molecule has 174 valence electrons. The van der Waals surface area contributed by atoms with Gasteiger partial charge in [0.15, 0.2) is 17.7 Å². The number of carbonyl (C=O) groups excluding carboxylic acids is 2. The number of rotatable bonds is 3. The van der Waals surface area contributed by atoms with E-state index in [1.54, 1.807) is 4.90 Å². The van der Waals surface area contributed by atoms with Crippen LogP contribution in [0.1, 0.15) is 52.1 Å². The molecule has 1 aliphatic carbocycles. The first-order valence-corrected chi connectivity index (χ1v) is 10.9. The summed E-state index contributed by atoms with van der Waals surface area (Å²) in [6.07, 6.45) is 4.76. The number of carbonyl (C=O) groups is 2. The largest absolute Gasteiger partial charge is 0.503 e. The molecule has 1 unspecified atom stereocenters. The molecule has 1 aromatic carbocycles. The molecule has 1 aromatic heterocycles. The van der Waals surface area contributed by atoms with Gasteiger partial charge >= 0.3 is 0 Å². The molecule has 2 aliphatic heterocycles. The van der Waals surface area contributed by atoms with Crippen molar-refractivity contribution in [2.24, 2.45) is 5.41 Å². The van der Waals surface area contributed by atoms with Crippen LogP contribution in [0.25, 0.3) is 0 Å². The van der Waals surface area contributed by atoms with E-state index >= 15 is 0 Å². The molecular weight excluding hydrogens is 436 g/mol. The topological polar surface area (TPSA) is 101 Å². The average Bonchev–Trinajstić information content (AvgIpc) is 3.24. The zero-order valence-corrected chi connectivity index (χ0v) is 17.8. The fourth-order valence-corrected chi connectivity index (χ4v) is 5.07. The Morgan fingerprint density at radius 3 is 2.73 bits per heavy atom. The lowest BCUT2D eigenvalue weighted by molar-refractivity contribution is -0.145. The molecule has 1 spiro atoms. The van der Waals surface area contributed by atoms with Gasteiger partial charge in [-0.3, -0.25) is 14.4 Å². The van der Waals surface area contributed by atoms with Crippen molar-refractivity contribution in [3.8, 4) is 5.75 Å². The van der Waals surface area contributed by atoms with Crippen LogP contribution >= 0.6 is 0 Å². The second kappa shape index (κ2) is 7.95. The van der Waals surface area contributed by atoms with Crippen LogP contribution in [-0.2, 0) is 17.8 Å². The maximum Gasteiger partial charge on any atom is 0.276 e. The van der Waals surface area contributed by atoms with Gasteiger partial charge in [0, 0.05) is 36.3 Å². The van der Waals surface area contributed by atoms with Gasteiger partial charge in [0.25, 0.3) is 11.8 Å². The maximum atomic E-state index is 13.8. The Hall–Kier alpha value is -3.27. The fraction of sp³-hybridized carbons (Fsp3) is 0.435. The van der Waals surface area contributed by atoms with Crippen molar-refractivity contribution in [2.75, 3.05) is 13.2 Å². The van der Waals surface area contributed by atoms with E-state index in [1.807, 2.05) is 0 Å². The number of hydrogen-bond acceptors (Lipinski definition) is 5. The number of pyridine rings is 1. The van der Waals surface area contributed by atoms with Crippen molar-refractivity contribution < 1.29 is 28.2 Å². The third-order valence-electron chi connectivity index (χ3n) is 6.87. The van der Waals surface area contributed by atoms with Crippen molar-refractivity contribution in [1.82, 2.24) is 14.8 Å². The standard InChI is InChI=1S/C23H23F2N3O5/c24-14-4-3-13(16(25)7-14)8-26-21(31)15-9-27-10-17-28(22(32)18(27)20(30)19(15)29)11-23(12-33-17)5-1-2-6-23/h3-4,7,9,17,30H,1-2,5-6,8,10-12H2,(H,26,31). The van der Waals surface area contributed by atoms with Gasteiger partial charge in [-0.25, -0.2) is 8.78 Å². The van der Waals surface area contributed by atoms with Gasteiger partial charge in [-0.2, -0.15) is 0 Å². The van der Waals surface area contributed by atoms with Crippen LogP contribution in [0.15, 0.2) is 29.2 Å². The Labute approximate surface area is 187 Å². The van der Waals surface area contributed by atoms with Gasteiger partial charge in [0.1, 0.15) is 17.2 Å². The highest BCUT2D eigenvalue weighted by Gasteiger charge is 2.47. The van der Waals surface area contributed by atoms with Crippen LogP contribution in [0.5, 0.6) is 5.75 Å². The summed E-state index contributed by atoms with van der Waals surface area (Å²) in [5.41, 5.74) is -1.59. The summed E-state index contributed by atoms with van der Waals surface area (Å²) < 4.78 is 34.3. The molecule has 8 nitrogen and oxygen atoms in total. The van der Waals surface area contributed by atoms with Crippen molar-refractivity contribution >= 4 is 11.8 Å². The highest BCUT2D eigenvalue weighted by atomic mass is 19.1. The fourth-order valence-electron chi connectivity index (χ4n) is 5.07. The molecule has 2 N–H and O–H groups in total. The smallest absolute Gasteiger partial charge is 0.276 e.